The Hall–Kier alpha value is -3.15. The van der Waals surface area contributed by atoms with Crippen LogP contribution < -0.4 is 10.2 Å². The number of anilines is 2. The molecule has 6 nitrogen and oxygen atoms in total. The summed E-state index contributed by atoms with van der Waals surface area (Å²) in [7, 11) is 0. The number of hydrogen-bond acceptors (Lipinski definition) is 3. The molecule has 136 valence electrons. The molecule has 0 fully saturated rings. The molecule has 0 aromatic heterocycles. The van der Waals surface area contributed by atoms with E-state index in [-0.39, 0.29) is 31.1 Å². The topological polar surface area (TPSA) is 86.7 Å². The molecule has 0 aliphatic heterocycles. The van der Waals surface area contributed by atoms with Crippen LogP contribution in [-0.2, 0) is 9.59 Å². The number of benzene rings is 2. The summed E-state index contributed by atoms with van der Waals surface area (Å²) in [6.07, 6.45) is 0.349. The Morgan fingerprint density at radius 2 is 1.73 bits per heavy atom. The normalized spacial score (nSPS) is 10.2. The summed E-state index contributed by atoms with van der Waals surface area (Å²) in [6.45, 7) is 2.42. The third kappa shape index (κ3) is 5.44. The van der Waals surface area contributed by atoms with E-state index in [1.807, 2.05) is 37.3 Å². The van der Waals surface area contributed by atoms with E-state index in [0.29, 0.717) is 17.8 Å². The van der Waals surface area contributed by atoms with Crippen LogP contribution in [0.4, 0.5) is 11.4 Å². The van der Waals surface area contributed by atoms with E-state index in [1.54, 1.807) is 29.2 Å². The van der Waals surface area contributed by atoms with E-state index in [4.69, 9.17) is 5.11 Å². The second kappa shape index (κ2) is 9.36. The lowest BCUT2D eigenvalue weighted by atomic mass is 10.1. The molecule has 2 aromatic carbocycles. The van der Waals surface area contributed by atoms with Gasteiger partial charge in [0.05, 0.1) is 0 Å². The number of aliphatic carboxylic acids is 1. The van der Waals surface area contributed by atoms with Gasteiger partial charge >= 0.3 is 5.97 Å². The largest absolute Gasteiger partial charge is 0.481 e. The summed E-state index contributed by atoms with van der Waals surface area (Å²) in [5, 5.41) is 11.3. The van der Waals surface area contributed by atoms with Crippen LogP contribution >= 0.6 is 0 Å². The summed E-state index contributed by atoms with van der Waals surface area (Å²) >= 11 is 0. The van der Waals surface area contributed by atoms with Gasteiger partial charge in [0.25, 0.3) is 5.91 Å². The van der Waals surface area contributed by atoms with Gasteiger partial charge < -0.3 is 15.3 Å². The molecule has 0 saturated carbocycles. The van der Waals surface area contributed by atoms with E-state index in [9.17, 15) is 14.4 Å². The summed E-state index contributed by atoms with van der Waals surface area (Å²) < 4.78 is 0. The minimum atomic E-state index is -0.925. The van der Waals surface area contributed by atoms with Crippen molar-refractivity contribution < 1.29 is 19.5 Å². The molecular weight excluding hydrogens is 332 g/mol. The Morgan fingerprint density at radius 1 is 1.00 bits per heavy atom. The SMILES string of the molecule is CCN(C(=O)c1cccc(NC(=O)CCCC(=O)O)c1)c1ccccc1. The fourth-order valence-electron chi connectivity index (χ4n) is 2.56. The molecule has 0 spiro atoms. The van der Waals surface area contributed by atoms with Gasteiger partial charge in [-0.1, -0.05) is 24.3 Å². The van der Waals surface area contributed by atoms with Gasteiger partial charge in [0.2, 0.25) is 5.91 Å². The first-order valence-electron chi connectivity index (χ1n) is 8.50. The van der Waals surface area contributed by atoms with Gasteiger partial charge in [-0.2, -0.15) is 0 Å². The lowest BCUT2D eigenvalue weighted by Crippen LogP contribution is -2.30. The van der Waals surface area contributed by atoms with Crippen molar-refractivity contribution in [1.29, 1.82) is 0 Å². The zero-order valence-corrected chi connectivity index (χ0v) is 14.6. The molecule has 0 aliphatic rings. The first-order chi connectivity index (χ1) is 12.5. The summed E-state index contributed by atoms with van der Waals surface area (Å²) in [5.74, 6) is -1.35. The Kier molecular flexibility index (Phi) is 6.91. The van der Waals surface area contributed by atoms with E-state index in [2.05, 4.69) is 5.32 Å². The van der Waals surface area contributed by atoms with Gasteiger partial charge in [-0.15, -0.1) is 0 Å². The zero-order valence-electron chi connectivity index (χ0n) is 14.6. The van der Waals surface area contributed by atoms with Crippen molar-refractivity contribution in [1.82, 2.24) is 0 Å². The van der Waals surface area contributed by atoms with Crippen LogP contribution in [0.25, 0.3) is 0 Å². The molecule has 26 heavy (non-hydrogen) atoms. The number of hydrogen-bond donors (Lipinski definition) is 2. The Bertz CT molecular complexity index is 774. The molecule has 2 rings (SSSR count). The molecular formula is C20H22N2O4. The van der Waals surface area contributed by atoms with Crippen molar-refractivity contribution in [3.63, 3.8) is 0 Å². The number of carbonyl (C=O) groups excluding carboxylic acids is 2. The molecule has 2 N–H and O–H groups in total. The van der Waals surface area contributed by atoms with Crippen molar-refractivity contribution >= 4 is 29.2 Å². The summed E-state index contributed by atoms with van der Waals surface area (Å²) in [6, 6.07) is 16.1. The van der Waals surface area contributed by atoms with Crippen LogP contribution in [-0.4, -0.2) is 29.4 Å². The van der Waals surface area contributed by atoms with E-state index in [1.165, 1.54) is 0 Å². The highest BCUT2D eigenvalue weighted by atomic mass is 16.4. The number of nitrogens with one attached hydrogen (secondary N) is 1. The number of rotatable bonds is 8. The highest BCUT2D eigenvalue weighted by Gasteiger charge is 2.16. The highest BCUT2D eigenvalue weighted by Crippen LogP contribution is 2.19. The fourth-order valence-corrected chi connectivity index (χ4v) is 2.56. The zero-order chi connectivity index (χ0) is 18.9. The van der Waals surface area contributed by atoms with Crippen LogP contribution in [0.3, 0.4) is 0 Å². The Labute approximate surface area is 152 Å². The maximum absolute atomic E-state index is 12.8. The van der Waals surface area contributed by atoms with Gasteiger partial charge in [0, 0.05) is 36.3 Å². The average Bonchev–Trinajstić information content (AvgIpc) is 2.63. The number of carboxylic acid groups (broad SMARTS) is 1. The van der Waals surface area contributed by atoms with Gasteiger partial charge in [-0.05, 0) is 43.7 Å². The Morgan fingerprint density at radius 3 is 2.38 bits per heavy atom. The van der Waals surface area contributed by atoms with Crippen LogP contribution in [0.15, 0.2) is 54.6 Å². The van der Waals surface area contributed by atoms with Crippen LogP contribution in [0.5, 0.6) is 0 Å². The molecule has 2 amide bonds. The minimum Gasteiger partial charge on any atom is -0.481 e. The summed E-state index contributed by atoms with van der Waals surface area (Å²) in [5.41, 5.74) is 1.79. The van der Waals surface area contributed by atoms with Crippen molar-refractivity contribution in [2.24, 2.45) is 0 Å². The third-order valence-corrected chi connectivity index (χ3v) is 3.82. The first-order valence-corrected chi connectivity index (χ1v) is 8.50. The molecule has 0 unspecified atom stereocenters. The van der Waals surface area contributed by atoms with Crippen molar-refractivity contribution in [2.45, 2.75) is 26.2 Å². The second-order valence-corrected chi connectivity index (χ2v) is 5.76. The average molecular weight is 354 g/mol. The van der Waals surface area contributed by atoms with Crippen molar-refractivity contribution in [2.75, 3.05) is 16.8 Å². The van der Waals surface area contributed by atoms with Crippen LogP contribution in [0.1, 0.15) is 36.5 Å². The van der Waals surface area contributed by atoms with Gasteiger partial charge in [0.15, 0.2) is 0 Å². The molecule has 6 heteroatoms. The molecule has 0 heterocycles. The predicted molar refractivity (Wildman–Crippen MR) is 100 cm³/mol. The van der Waals surface area contributed by atoms with E-state index in [0.717, 1.165) is 5.69 Å². The first kappa shape index (κ1) is 19.2. The van der Waals surface area contributed by atoms with E-state index < -0.39 is 5.97 Å². The quantitative estimate of drug-likeness (QED) is 0.759. The maximum atomic E-state index is 12.8. The molecule has 0 aliphatic carbocycles. The molecule has 0 radical (unpaired) electrons. The third-order valence-electron chi connectivity index (χ3n) is 3.82. The monoisotopic (exact) mass is 354 g/mol. The smallest absolute Gasteiger partial charge is 0.303 e. The molecule has 2 aromatic rings. The van der Waals surface area contributed by atoms with Gasteiger partial charge in [0.1, 0.15) is 0 Å². The van der Waals surface area contributed by atoms with Gasteiger partial charge in [-0.25, -0.2) is 0 Å². The summed E-state index contributed by atoms with van der Waals surface area (Å²) in [4.78, 5) is 36.9. The van der Waals surface area contributed by atoms with Crippen molar-refractivity contribution in [3.05, 3.63) is 60.2 Å². The number of carboxylic acids is 1. The minimum absolute atomic E-state index is 0.0471. The van der Waals surface area contributed by atoms with Crippen LogP contribution in [0.2, 0.25) is 0 Å². The lowest BCUT2D eigenvalue weighted by molar-refractivity contribution is -0.137. The lowest BCUT2D eigenvalue weighted by Gasteiger charge is -2.21. The number of nitrogens with zero attached hydrogens (tertiary/aromatic N) is 1. The van der Waals surface area contributed by atoms with E-state index >= 15 is 0 Å². The van der Waals surface area contributed by atoms with Crippen molar-refractivity contribution in [3.8, 4) is 0 Å². The standard InChI is InChI=1S/C20H22N2O4/c1-2-22(17-10-4-3-5-11-17)20(26)15-8-6-9-16(14-15)21-18(23)12-7-13-19(24)25/h3-6,8-11,14H,2,7,12-13H2,1H3,(H,21,23)(H,24,25). The molecule has 0 bridgehead atoms. The number of carbonyl (C=O) groups is 3. The fraction of sp³-hybridized carbons (Fsp3) is 0.250. The molecule has 0 atom stereocenters. The maximum Gasteiger partial charge on any atom is 0.303 e. The molecule has 0 saturated heterocycles. The second-order valence-electron chi connectivity index (χ2n) is 5.76. The van der Waals surface area contributed by atoms with Gasteiger partial charge in [-0.3, -0.25) is 14.4 Å². The number of para-hydroxylation sites is 1. The highest BCUT2D eigenvalue weighted by molar-refractivity contribution is 6.07. The predicted octanol–water partition coefficient (Wildman–Crippen LogP) is 3.55. The Balaban J connectivity index is 2.06. The number of amides is 2. The van der Waals surface area contributed by atoms with Crippen LogP contribution in [0, 0.1) is 0 Å².